The Kier molecular flexibility index (Phi) is 4.70. The van der Waals surface area contributed by atoms with E-state index in [0.29, 0.717) is 22.5 Å². The molecule has 0 bridgehead atoms. The second-order valence-electron chi connectivity index (χ2n) is 7.25. The molecule has 0 aliphatic carbocycles. The van der Waals surface area contributed by atoms with Crippen LogP contribution in [0.2, 0.25) is 0 Å². The van der Waals surface area contributed by atoms with Crippen LogP contribution in [0.15, 0.2) is 95.8 Å². The molecule has 6 aromatic rings. The van der Waals surface area contributed by atoms with E-state index >= 15 is 0 Å². The number of rotatable bonds is 5. The van der Waals surface area contributed by atoms with E-state index in [1.54, 1.807) is 12.1 Å². The van der Waals surface area contributed by atoms with Gasteiger partial charge in [-0.15, -0.1) is 0 Å². The first-order chi connectivity index (χ1) is 16.2. The maximum atomic E-state index is 13.1. The molecule has 0 saturated carbocycles. The van der Waals surface area contributed by atoms with Gasteiger partial charge in [0.15, 0.2) is 5.06 Å². The minimum atomic E-state index is -0.306. The molecule has 0 amide bonds. The molecule has 0 aliphatic rings. The molecule has 0 N–H and O–H groups in total. The van der Waals surface area contributed by atoms with Crippen molar-refractivity contribution in [3.63, 3.8) is 0 Å². The van der Waals surface area contributed by atoms with Gasteiger partial charge in [-0.3, -0.25) is 4.57 Å². The first-order valence-electron chi connectivity index (χ1n) is 10.1. The molecule has 3 heterocycles. The van der Waals surface area contributed by atoms with Crippen molar-refractivity contribution in [3.8, 4) is 38.7 Å². The quantitative estimate of drug-likeness (QED) is 0.289. The zero-order chi connectivity index (χ0) is 22.2. The third-order valence-electron chi connectivity index (χ3n) is 5.11. The zero-order valence-corrected chi connectivity index (χ0v) is 17.9. The summed E-state index contributed by atoms with van der Waals surface area (Å²) in [6.45, 7) is 0. The molecule has 0 aliphatic heterocycles. The maximum Gasteiger partial charge on any atom is 0.268 e. The van der Waals surface area contributed by atoms with E-state index < -0.39 is 0 Å². The van der Waals surface area contributed by atoms with E-state index in [0.717, 1.165) is 27.2 Å². The summed E-state index contributed by atoms with van der Waals surface area (Å²) in [6, 6.07) is 25.4. The van der Waals surface area contributed by atoms with E-state index in [4.69, 9.17) is 9.26 Å². The SMILES string of the molecule is Fc1ccc(Oc2ccc(-c3nc(-c4ccc(-n5cnc6ccccc65)cc4)no3)s2)cc1. The van der Waals surface area contributed by atoms with Gasteiger partial charge in [0.1, 0.15) is 17.9 Å². The van der Waals surface area contributed by atoms with Gasteiger partial charge >= 0.3 is 0 Å². The highest BCUT2D eigenvalue weighted by molar-refractivity contribution is 7.17. The van der Waals surface area contributed by atoms with Crippen LogP contribution in [0.1, 0.15) is 0 Å². The summed E-state index contributed by atoms with van der Waals surface area (Å²) in [6.07, 6.45) is 1.81. The van der Waals surface area contributed by atoms with Crippen molar-refractivity contribution >= 4 is 22.4 Å². The summed E-state index contributed by atoms with van der Waals surface area (Å²) in [7, 11) is 0. The van der Waals surface area contributed by atoms with E-state index in [1.165, 1.54) is 23.5 Å². The van der Waals surface area contributed by atoms with Crippen molar-refractivity contribution in [1.29, 1.82) is 0 Å². The van der Waals surface area contributed by atoms with Crippen molar-refractivity contribution < 1.29 is 13.7 Å². The Bertz CT molecular complexity index is 1550. The molecule has 3 aromatic carbocycles. The second kappa shape index (κ2) is 7.99. The molecule has 33 heavy (non-hydrogen) atoms. The molecular weight excluding hydrogens is 439 g/mol. The van der Waals surface area contributed by atoms with Crippen LogP contribution in [0.4, 0.5) is 4.39 Å². The van der Waals surface area contributed by atoms with Gasteiger partial charge in [-0.2, -0.15) is 4.98 Å². The third-order valence-corrected chi connectivity index (χ3v) is 6.06. The fraction of sp³-hybridized carbons (Fsp3) is 0. The normalized spacial score (nSPS) is 11.2. The largest absolute Gasteiger partial charge is 0.447 e. The Balaban J connectivity index is 1.22. The van der Waals surface area contributed by atoms with Crippen molar-refractivity contribution in [2.75, 3.05) is 0 Å². The highest BCUT2D eigenvalue weighted by Crippen LogP contribution is 2.35. The van der Waals surface area contributed by atoms with Gasteiger partial charge in [0, 0.05) is 11.3 Å². The lowest BCUT2D eigenvalue weighted by atomic mass is 10.2. The van der Waals surface area contributed by atoms with Gasteiger partial charge < -0.3 is 9.26 Å². The molecule has 0 radical (unpaired) electrons. The second-order valence-corrected chi connectivity index (χ2v) is 8.29. The van der Waals surface area contributed by atoms with Crippen LogP contribution in [-0.4, -0.2) is 19.7 Å². The molecular formula is C25H15FN4O2S. The third kappa shape index (κ3) is 3.77. The molecule has 0 fully saturated rings. The highest BCUT2D eigenvalue weighted by atomic mass is 32.1. The van der Waals surface area contributed by atoms with Crippen LogP contribution in [0.25, 0.3) is 38.9 Å². The molecule has 0 atom stereocenters. The molecule has 6 rings (SSSR count). The Hall–Kier alpha value is -4.30. The summed E-state index contributed by atoms with van der Waals surface area (Å²) in [5, 5.41) is 4.77. The van der Waals surface area contributed by atoms with Crippen LogP contribution < -0.4 is 4.74 Å². The molecule has 6 nitrogen and oxygen atoms in total. The molecule has 3 aromatic heterocycles. The number of imidazole rings is 1. The lowest BCUT2D eigenvalue weighted by Gasteiger charge is -2.04. The van der Waals surface area contributed by atoms with Crippen LogP contribution in [-0.2, 0) is 0 Å². The highest BCUT2D eigenvalue weighted by Gasteiger charge is 2.14. The average Bonchev–Trinajstić information content (AvgIpc) is 3.60. The first kappa shape index (κ1) is 19.4. The molecule has 160 valence electrons. The first-order valence-corrected chi connectivity index (χ1v) is 10.9. The summed E-state index contributed by atoms with van der Waals surface area (Å²) in [5.41, 5.74) is 3.83. The Morgan fingerprint density at radius 3 is 2.55 bits per heavy atom. The van der Waals surface area contributed by atoms with Crippen molar-refractivity contribution in [3.05, 3.63) is 97.1 Å². The Morgan fingerprint density at radius 2 is 1.70 bits per heavy atom. The van der Waals surface area contributed by atoms with E-state index in [1.807, 2.05) is 71.6 Å². The maximum absolute atomic E-state index is 13.1. The van der Waals surface area contributed by atoms with Gasteiger partial charge in [-0.25, -0.2) is 9.37 Å². The summed E-state index contributed by atoms with van der Waals surface area (Å²) in [5.74, 6) is 1.16. The minimum absolute atomic E-state index is 0.306. The molecule has 0 saturated heterocycles. The number of nitrogens with zero attached hydrogens (tertiary/aromatic N) is 4. The monoisotopic (exact) mass is 454 g/mol. The number of para-hydroxylation sites is 2. The molecule has 0 spiro atoms. The van der Waals surface area contributed by atoms with Crippen LogP contribution in [0, 0.1) is 5.82 Å². The standard InChI is InChI=1S/C25H15FN4O2S/c26-17-7-11-19(12-8-17)31-23-14-13-22(33-23)25-28-24(29-32-25)16-5-9-18(10-6-16)30-15-27-20-3-1-2-4-21(20)30/h1-15H. The Morgan fingerprint density at radius 1 is 0.879 bits per heavy atom. The predicted molar refractivity (Wildman–Crippen MR) is 124 cm³/mol. The van der Waals surface area contributed by atoms with E-state index in [2.05, 4.69) is 15.1 Å². The number of halogens is 1. The van der Waals surface area contributed by atoms with Gasteiger partial charge in [0.2, 0.25) is 5.82 Å². The van der Waals surface area contributed by atoms with Crippen LogP contribution in [0.5, 0.6) is 10.8 Å². The number of aromatic nitrogens is 4. The summed E-state index contributed by atoms with van der Waals surface area (Å²) < 4.78 is 26.3. The van der Waals surface area contributed by atoms with Gasteiger partial charge in [-0.1, -0.05) is 28.6 Å². The van der Waals surface area contributed by atoms with Crippen molar-refractivity contribution in [1.82, 2.24) is 19.7 Å². The number of ether oxygens (including phenoxy) is 1. The van der Waals surface area contributed by atoms with Gasteiger partial charge in [0.05, 0.1) is 15.9 Å². The van der Waals surface area contributed by atoms with Gasteiger partial charge in [-0.05, 0) is 72.8 Å². The average molecular weight is 454 g/mol. The van der Waals surface area contributed by atoms with Gasteiger partial charge in [0.25, 0.3) is 5.89 Å². The number of fused-ring (bicyclic) bond motifs is 1. The lowest BCUT2D eigenvalue weighted by Crippen LogP contribution is -1.91. The van der Waals surface area contributed by atoms with Crippen LogP contribution >= 0.6 is 11.3 Å². The lowest BCUT2D eigenvalue weighted by molar-refractivity contribution is 0.433. The summed E-state index contributed by atoms with van der Waals surface area (Å²) in [4.78, 5) is 9.76. The van der Waals surface area contributed by atoms with E-state index in [-0.39, 0.29) is 5.82 Å². The minimum Gasteiger partial charge on any atom is -0.447 e. The van der Waals surface area contributed by atoms with Crippen molar-refractivity contribution in [2.45, 2.75) is 0 Å². The van der Waals surface area contributed by atoms with Crippen LogP contribution in [0.3, 0.4) is 0 Å². The van der Waals surface area contributed by atoms with E-state index in [9.17, 15) is 4.39 Å². The topological polar surface area (TPSA) is 66.0 Å². The van der Waals surface area contributed by atoms with Crippen molar-refractivity contribution in [2.24, 2.45) is 0 Å². The zero-order valence-electron chi connectivity index (χ0n) is 17.1. The number of hydrogen-bond donors (Lipinski definition) is 0. The number of thiophene rings is 1. The smallest absolute Gasteiger partial charge is 0.268 e. The number of hydrogen-bond acceptors (Lipinski definition) is 6. The summed E-state index contributed by atoms with van der Waals surface area (Å²) >= 11 is 1.37. The number of benzene rings is 3. The Labute approximate surface area is 191 Å². The molecule has 0 unspecified atom stereocenters. The fourth-order valence-corrected chi connectivity index (χ4v) is 4.28. The fourth-order valence-electron chi connectivity index (χ4n) is 3.49. The molecule has 8 heteroatoms. The predicted octanol–water partition coefficient (Wildman–Crippen LogP) is 6.74.